The number of benzene rings is 1. The molecule has 0 bridgehead atoms. The summed E-state index contributed by atoms with van der Waals surface area (Å²) in [6, 6.07) is 5.60. The molecule has 0 spiro atoms. The van der Waals surface area contributed by atoms with E-state index in [2.05, 4.69) is 27.3 Å². The Morgan fingerprint density at radius 3 is 2.96 bits per heavy atom. The van der Waals surface area contributed by atoms with Crippen molar-refractivity contribution in [2.75, 3.05) is 19.0 Å². The number of nitrogens with one attached hydrogen (secondary N) is 1. The van der Waals surface area contributed by atoms with E-state index in [0.29, 0.717) is 0 Å². The molecule has 1 aromatic carbocycles. The maximum Gasteiger partial charge on any atom is 0.343 e. The van der Waals surface area contributed by atoms with E-state index in [0.717, 1.165) is 11.6 Å². The van der Waals surface area contributed by atoms with Crippen molar-refractivity contribution < 1.29 is 23.4 Å². The molecule has 9 heteroatoms. The monoisotopic (exact) mass is 370 g/mol. The molecule has 0 saturated heterocycles. The first-order valence-electron chi connectivity index (χ1n) is 6.57. The van der Waals surface area contributed by atoms with Gasteiger partial charge in [0.25, 0.3) is 5.88 Å². The van der Waals surface area contributed by atoms with Crippen LogP contribution in [0.15, 0.2) is 30.5 Å². The second-order valence-corrected chi connectivity index (χ2v) is 4.94. The Morgan fingerprint density at radius 2 is 2.25 bits per heavy atom. The average Bonchev–Trinajstić information content (AvgIpc) is 2.58. The van der Waals surface area contributed by atoms with Crippen LogP contribution in [0.1, 0.15) is 0 Å². The number of pyridine rings is 1. The minimum atomic E-state index is -0.582. The Balaban J connectivity index is 2.26. The van der Waals surface area contributed by atoms with E-state index >= 15 is 0 Å². The van der Waals surface area contributed by atoms with E-state index in [1.165, 1.54) is 19.4 Å². The number of methoxy groups -OCH3 is 1. The van der Waals surface area contributed by atoms with Gasteiger partial charge >= 0.3 is 5.97 Å². The van der Waals surface area contributed by atoms with Crippen LogP contribution in [-0.2, 0) is 9.53 Å². The number of thiocarbonyl (C=S) groups is 1. The fourth-order valence-corrected chi connectivity index (χ4v) is 1.96. The van der Waals surface area contributed by atoms with Crippen LogP contribution < -0.4 is 14.8 Å². The molecule has 0 fully saturated rings. The van der Waals surface area contributed by atoms with E-state index in [4.69, 9.17) is 21.1 Å². The van der Waals surface area contributed by atoms with Crippen molar-refractivity contribution in [3.63, 3.8) is 0 Å². The second-order valence-electron chi connectivity index (χ2n) is 4.30. The highest BCUT2D eigenvalue weighted by atomic mass is 35.5. The zero-order valence-electron chi connectivity index (χ0n) is 12.4. The van der Waals surface area contributed by atoms with Gasteiger partial charge in [-0.2, -0.15) is 0 Å². The van der Waals surface area contributed by atoms with Gasteiger partial charge < -0.3 is 19.5 Å². The number of ether oxygens (including phenoxy) is 3. The van der Waals surface area contributed by atoms with Crippen molar-refractivity contribution >= 4 is 41.0 Å². The van der Waals surface area contributed by atoms with Crippen molar-refractivity contribution in [3.8, 4) is 17.4 Å². The summed E-state index contributed by atoms with van der Waals surface area (Å²) in [5.41, 5.74) is 1.26. The van der Waals surface area contributed by atoms with Gasteiger partial charge in [-0.05, 0) is 18.2 Å². The molecule has 0 aliphatic heterocycles. The van der Waals surface area contributed by atoms with Crippen LogP contribution >= 0.6 is 23.8 Å². The fraction of sp³-hybridized carbons (Fsp3) is 0.133. The maximum absolute atomic E-state index is 13.7. The number of carbonyl (C=O) groups is 1. The average molecular weight is 371 g/mol. The van der Waals surface area contributed by atoms with E-state index in [-0.39, 0.29) is 34.7 Å². The van der Waals surface area contributed by atoms with Crippen LogP contribution in [0.2, 0.25) is 5.02 Å². The fourth-order valence-electron chi connectivity index (χ4n) is 1.65. The molecule has 1 N–H and O–H groups in total. The normalized spacial score (nSPS) is 9.96. The molecule has 0 saturated carbocycles. The lowest BCUT2D eigenvalue weighted by Crippen LogP contribution is -2.13. The zero-order chi connectivity index (χ0) is 17.5. The summed E-state index contributed by atoms with van der Waals surface area (Å²) in [5.74, 6) is -0.732. The molecule has 0 aliphatic rings. The number of rotatable bonds is 7. The lowest BCUT2D eigenvalue weighted by atomic mass is 10.3. The third kappa shape index (κ3) is 4.53. The Labute approximate surface area is 147 Å². The quantitative estimate of drug-likeness (QED) is 0.590. The molecule has 1 heterocycles. The molecule has 2 rings (SSSR count). The summed E-state index contributed by atoms with van der Waals surface area (Å²) >= 11 is 10.6. The Morgan fingerprint density at radius 1 is 1.46 bits per heavy atom. The molecule has 6 nitrogen and oxygen atoms in total. The molecule has 24 heavy (non-hydrogen) atoms. The lowest BCUT2D eigenvalue weighted by molar-refractivity contribution is -0.143. The molecule has 0 atom stereocenters. The van der Waals surface area contributed by atoms with E-state index in [1.54, 1.807) is 12.1 Å². The molecular weight excluding hydrogens is 359 g/mol. The van der Waals surface area contributed by atoms with Gasteiger partial charge in [0, 0.05) is 12.3 Å². The van der Waals surface area contributed by atoms with Gasteiger partial charge in [0.1, 0.15) is 11.6 Å². The summed E-state index contributed by atoms with van der Waals surface area (Å²) < 4.78 is 29.1. The summed E-state index contributed by atoms with van der Waals surface area (Å²) in [5, 5.41) is 2.61. The van der Waals surface area contributed by atoms with Crippen LogP contribution in [0.5, 0.6) is 17.4 Å². The van der Waals surface area contributed by atoms with Crippen LogP contribution in [-0.4, -0.2) is 30.2 Å². The lowest BCUT2D eigenvalue weighted by Gasteiger charge is -2.13. The van der Waals surface area contributed by atoms with Gasteiger partial charge in [-0.1, -0.05) is 23.8 Å². The third-order valence-corrected chi connectivity index (χ3v) is 3.16. The van der Waals surface area contributed by atoms with Crippen molar-refractivity contribution in [2.45, 2.75) is 0 Å². The van der Waals surface area contributed by atoms with Crippen molar-refractivity contribution in [3.05, 3.63) is 41.3 Å². The molecule has 0 aliphatic carbocycles. The molecule has 126 valence electrons. The molecule has 1 aromatic heterocycles. The molecule has 2 aromatic rings. The molecule has 0 amide bonds. The highest BCUT2D eigenvalue weighted by Gasteiger charge is 2.14. The first-order chi connectivity index (χ1) is 11.5. The van der Waals surface area contributed by atoms with Crippen molar-refractivity contribution in [2.24, 2.45) is 0 Å². The highest BCUT2D eigenvalue weighted by molar-refractivity contribution is 7.79. The van der Waals surface area contributed by atoms with Gasteiger partial charge in [0.2, 0.25) is 0 Å². The largest absolute Gasteiger partial charge is 0.466 e. The number of halogens is 2. The SMILES string of the molecule is COC(=O)COc1ncccc1Oc1cc(NC=S)c(F)cc1Cl. The number of hydrogen-bond acceptors (Lipinski definition) is 6. The van der Waals surface area contributed by atoms with Crippen molar-refractivity contribution in [1.82, 2.24) is 4.98 Å². The molecular formula is C15H12ClFN2O4S. The zero-order valence-corrected chi connectivity index (χ0v) is 14.0. The van der Waals surface area contributed by atoms with Gasteiger partial charge in [0.05, 0.1) is 23.3 Å². The predicted molar refractivity (Wildman–Crippen MR) is 90.5 cm³/mol. The van der Waals surface area contributed by atoms with Crippen LogP contribution in [0.25, 0.3) is 0 Å². The van der Waals surface area contributed by atoms with Crippen LogP contribution in [0, 0.1) is 5.82 Å². The first-order valence-corrected chi connectivity index (χ1v) is 7.41. The Kier molecular flexibility index (Phi) is 6.28. The number of carbonyl (C=O) groups excluding carboxylic acids is 1. The Hall–Kier alpha value is -2.45. The van der Waals surface area contributed by atoms with E-state index in [9.17, 15) is 9.18 Å². The number of nitrogens with zero attached hydrogens (tertiary/aromatic N) is 1. The predicted octanol–water partition coefficient (Wildman–Crippen LogP) is 3.59. The minimum absolute atomic E-state index is 0.0465. The third-order valence-electron chi connectivity index (χ3n) is 2.75. The molecule has 0 radical (unpaired) electrons. The summed E-state index contributed by atoms with van der Waals surface area (Å²) in [7, 11) is 1.24. The number of aromatic nitrogens is 1. The van der Waals surface area contributed by atoms with Gasteiger partial charge in [-0.25, -0.2) is 14.2 Å². The summed E-state index contributed by atoms with van der Waals surface area (Å²) in [6.45, 7) is -0.335. The standard InChI is InChI=1S/C15H12ClFN2O4S/c1-21-14(20)7-22-15-12(3-2-4-18-15)23-13-6-11(19-8-24)10(17)5-9(13)16/h2-6,8H,7H2,1H3,(H,19,24). The highest BCUT2D eigenvalue weighted by Crippen LogP contribution is 2.36. The molecule has 0 unspecified atom stereocenters. The Bertz CT molecular complexity index is 760. The maximum atomic E-state index is 13.7. The topological polar surface area (TPSA) is 69.7 Å². The van der Waals surface area contributed by atoms with Gasteiger partial charge in [0.15, 0.2) is 12.4 Å². The van der Waals surface area contributed by atoms with E-state index in [1.807, 2.05) is 0 Å². The van der Waals surface area contributed by atoms with Gasteiger partial charge in [-0.15, -0.1) is 0 Å². The number of hydrogen-bond donors (Lipinski definition) is 1. The second kappa shape index (κ2) is 8.42. The first kappa shape index (κ1) is 17.9. The summed E-state index contributed by atoms with van der Waals surface area (Å²) in [4.78, 5) is 15.1. The van der Waals surface area contributed by atoms with Gasteiger partial charge in [-0.3, -0.25) is 0 Å². The van der Waals surface area contributed by atoms with Crippen LogP contribution in [0.3, 0.4) is 0 Å². The number of anilines is 1. The summed E-state index contributed by atoms with van der Waals surface area (Å²) in [6.07, 6.45) is 1.46. The smallest absolute Gasteiger partial charge is 0.343 e. The van der Waals surface area contributed by atoms with Crippen LogP contribution in [0.4, 0.5) is 10.1 Å². The van der Waals surface area contributed by atoms with Crippen molar-refractivity contribution in [1.29, 1.82) is 0 Å². The van der Waals surface area contributed by atoms with E-state index < -0.39 is 11.8 Å². The number of esters is 1. The minimum Gasteiger partial charge on any atom is -0.466 e.